The molecule has 14 heavy (non-hydrogen) atoms. The Morgan fingerprint density at radius 3 is 2.36 bits per heavy atom. The Bertz CT molecular complexity index is 407. The first-order valence-corrected chi connectivity index (χ1v) is 4.56. The molecule has 70 valence electrons. The Morgan fingerprint density at radius 2 is 1.93 bits per heavy atom. The van der Waals surface area contributed by atoms with Gasteiger partial charge in [-0.05, 0) is 36.5 Å². The summed E-state index contributed by atoms with van der Waals surface area (Å²) in [6.07, 6.45) is 6.86. The van der Waals surface area contributed by atoms with Crippen LogP contribution in [0, 0.1) is 12.3 Å². The van der Waals surface area contributed by atoms with Crippen LogP contribution in [0.3, 0.4) is 0 Å². The third-order valence-electron chi connectivity index (χ3n) is 2.78. The minimum Gasteiger partial charge on any atom is -0.399 e. The third-order valence-corrected chi connectivity index (χ3v) is 2.78. The normalized spacial score (nSPS) is 17.1. The van der Waals surface area contributed by atoms with Crippen molar-refractivity contribution in [3.8, 4) is 12.3 Å². The van der Waals surface area contributed by atoms with Gasteiger partial charge in [-0.2, -0.15) is 0 Å². The Morgan fingerprint density at radius 1 is 1.36 bits per heavy atom. The summed E-state index contributed by atoms with van der Waals surface area (Å²) in [6.45, 7) is 0. The molecule has 2 heteroatoms. The van der Waals surface area contributed by atoms with Crippen molar-refractivity contribution < 1.29 is 4.79 Å². The highest BCUT2D eigenvalue weighted by atomic mass is 16.1. The number of terminal acetylenes is 1. The minimum atomic E-state index is -0.386. The molecule has 0 radical (unpaired) electrons. The largest absolute Gasteiger partial charge is 0.399 e. The van der Waals surface area contributed by atoms with Gasteiger partial charge >= 0.3 is 0 Å². The lowest BCUT2D eigenvalue weighted by Crippen LogP contribution is -2.18. The average molecular weight is 185 g/mol. The number of Topliss-reactive ketones (excluding diaryl/α,β-unsaturated/α-hetero) is 1. The summed E-state index contributed by atoms with van der Waals surface area (Å²) < 4.78 is 0. The molecule has 1 aliphatic carbocycles. The zero-order chi connectivity index (χ0) is 10.2. The first-order chi connectivity index (χ1) is 6.69. The summed E-state index contributed by atoms with van der Waals surface area (Å²) in [6, 6.07) is 7.38. The van der Waals surface area contributed by atoms with Gasteiger partial charge in [0.15, 0.2) is 0 Å². The highest BCUT2D eigenvalue weighted by Gasteiger charge is 2.50. The fraction of sp³-hybridized carbons (Fsp3) is 0.250. The van der Waals surface area contributed by atoms with Crippen LogP contribution in [0.5, 0.6) is 0 Å². The van der Waals surface area contributed by atoms with E-state index in [0.717, 1.165) is 18.4 Å². The molecule has 2 nitrogen and oxygen atoms in total. The number of hydrogen-bond donors (Lipinski definition) is 1. The Hall–Kier alpha value is -1.75. The summed E-state index contributed by atoms with van der Waals surface area (Å²) in [7, 11) is 0. The molecule has 2 rings (SSSR count). The van der Waals surface area contributed by atoms with Crippen LogP contribution < -0.4 is 5.73 Å². The van der Waals surface area contributed by atoms with Crippen LogP contribution >= 0.6 is 0 Å². The highest BCUT2D eigenvalue weighted by molar-refractivity contribution is 6.05. The lowest BCUT2D eigenvalue weighted by Gasteiger charge is -2.10. The maximum Gasteiger partial charge on any atom is 0.215 e. The first-order valence-electron chi connectivity index (χ1n) is 4.56. The topological polar surface area (TPSA) is 43.1 Å². The molecule has 0 aliphatic heterocycles. The van der Waals surface area contributed by atoms with Crippen molar-refractivity contribution in [3.05, 3.63) is 29.8 Å². The lowest BCUT2D eigenvalue weighted by molar-refractivity contribution is -0.116. The Balaban J connectivity index is 2.37. The number of carbonyl (C=O) groups excluding carboxylic acids is 1. The highest BCUT2D eigenvalue weighted by Crippen LogP contribution is 2.48. The van der Waals surface area contributed by atoms with Crippen LogP contribution in [0.2, 0.25) is 0 Å². The molecule has 1 fully saturated rings. The number of benzene rings is 1. The zero-order valence-electron chi connectivity index (χ0n) is 7.79. The molecule has 0 amide bonds. The zero-order valence-corrected chi connectivity index (χ0v) is 7.79. The van der Waals surface area contributed by atoms with Gasteiger partial charge in [0, 0.05) is 5.69 Å². The van der Waals surface area contributed by atoms with E-state index in [9.17, 15) is 4.79 Å². The summed E-state index contributed by atoms with van der Waals surface area (Å²) in [5.74, 6) is 2.10. The number of nitrogens with two attached hydrogens (primary N) is 1. The summed E-state index contributed by atoms with van der Waals surface area (Å²) in [4.78, 5) is 11.5. The maximum atomic E-state index is 11.5. The summed E-state index contributed by atoms with van der Waals surface area (Å²) >= 11 is 0. The number of rotatable bonds is 2. The van der Waals surface area contributed by atoms with E-state index in [4.69, 9.17) is 12.2 Å². The van der Waals surface area contributed by atoms with E-state index < -0.39 is 0 Å². The quantitative estimate of drug-likeness (QED) is 0.431. The molecule has 0 heterocycles. The lowest BCUT2D eigenvalue weighted by atomic mass is 9.91. The van der Waals surface area contributed by atoms with E-state index in [1.54, 1.807) is 12.1 Å². The van der Waals surface area contributed by atoms with Gasteiger partial charge in [-0.25, -0.2) is 0 Å². The van der Waals surface area contributed by atoms with E-state index in [0.29, 0.717) is 5.69 Å². The van der Waals surface area contributed by atoms with Crippen LogP contribution in [0.1, 0.15) is 18.4 Å². The molecule has 1 aromatic carbocycles. The van der Waals surface area contributed by atoms with E-state index in [2.05, 4.69) is 5.92 Å². The van der Waals surface area contributed by atoms with Crippen LogP contribution in [0.25, 0.3) is 0 Å². The summed E-state index contributed by atoms with van der Waals surface area (Å²) in [5.41, 5.74) is 6.89. The van der Waals surface area contributed by atoms with Crippen molar-refractivity contribution >= 4 is 11.5 Å². The number of ketones is 1. The second kappa shape index (κ2) is 2.88. The van der Waals surface area contributed by atoms with Crippen molar-refractivity contribution in [1.29, 1.82) is 0 Å². The molecule has 0 bridgehead atoms. The molecule has 1 aliphatic rings. The molecule has 0 unspecified atom stereocenters. The smallest absolute Gasteiger partial charge is 0.215 e. The summed E-state index contributed by atoms with van der Waals surface area (Å²) in [5, 5.41) is 0. The third kappa shape index (κ3) is 1.18. The predicted octanol–water partition coefficient (Wildman–Crippen LogP) is 1.50. The Kier molecular flexibility index (Phi) is 1.82. The van der Waals surface area contributed by atoms with Gasteiger partial charge in [0.25, 0.3) is 0 Å². The molecule has 1 saturated carbocycles. The van der Waals surface area contributed by atoms with Crippen LogP contribution in [0.15, 0.2) is 24.3 Å². The van der Waals surface area contributed by atoms with Crippen molar-refractivity contribution in [2.75, 3.05) is 5.73 Å². The minimum absolute atomic E-state index is 0.109. The molecule has 0 aromatic heterocycles. The second-order valence-corrected chi connectivity index (χ2v) is 3.68. The van der Waals surface area contributed by atoms with Crippen LogP contribution in [0.4, 0.5) is 5.69 Å². The Labute approximate surface area is 83.1 Å². The van der Waals surface area contributed by atoms with E-state index in [1.807, 2.05) is 12.1 Å². The molecular formula is C12H11NO. The fourth-order valence-electron chi connectivity index (χ4n) is 1.71. The SMILES string of the molecule is C#CC(=O)C1(c2ccc(N)cc2)CC1. The van der Waals surface area contributed by atoms with E-state index in [1.165, 1.54) is 0 Å². The van der Waals surface area contributed by atoms with Gasteiger partial charge in [-0.1, -0.05) is 12.1 Å². The maximum absolute atomic E-state index is 11.5. The number of nitrogen functional groups attached to an aromatic ring is 1. The molecular weight excluding hydrogens is 174 g/mol. The van der Waals surface area contributed by atoms with Crippen molar-refractivity contribution in [1.82, 2.24) is 0 Å². The van der Waals surface area contributed by atoms with Crippen molar-refractivity contribution in [3.63, 3.8) is 0 Å². The average Bonchev–Trinajstić information content (AvgIpc) is 2.99. The monoisotopic (exact) mass is 185 g/mol. The van der Waals surface area contributed by atoms with Crippen LogP contribution in [-0.4, -0.2) is 5.78 Å². The van der Waals surface area contributed by atoms with Gasteiger partial charge in [0.1, 0.15) is 0 Å². The number of carbonyl (C=O) groups is 1. The van der Waals surface area contributed by atoms with Gasteiger partial charge in [0.2, 0.25) is 5.78 Å². The van der Waals surface area contributed by atoms with Crippen LogP contribution in [-0.2, 0) is 10.2 Å². The molecule has 1 aromatic rings. The van der Waals surface area contributed by atoms with E-state index >= 15 is 0 Å². The van der Waals surface area contributed by atoms with Gasteiger partial charge in [-0.3, -0.25) is 4.79 Å². The van der Waals surface area contributed by atoms with Gasteiger partial charge in [0.05, 0.1) is 5.41 Å². The van der Waals surface area contributed by atoms with Gasteiger partial charge < -0.3 is 5.73 Å². The molecule has 0 atom stereocenters. The first kappa shape index (κ1) is 8.83. The van der Waals surface area contributed by atoms with Crippen molar-refractivity contribution in [2.45, 2.75) is 18.3 Å². The van der Waals surface area contributed by atoms with Crippen molar-refractivity contribution in [2.24, 2.45) is 0 Å². The fourth-order valence-corrected chi connectivity index (χ4v) is 1.71. The number of hydrogen-bond acceptors (Lipinski definition) is 2. The molecule has 2 N–H and O–H groups in total. The molecule has 0 saturated heterocycles. The standard InChI is InChI=1S/C12H11NO/c1-2-11(14)12(7-8-12)9-3-5-10(13)6-4-9/h1,3-6H,7-8,13H2. The number of anilines is 1. The van der Waals surface area contributed by atoms with Gasteiger partial charge in [-0.15, -0.1) is 6.42 Å². The second-order valence-electron chi connectivity index (χ2n) is 3.68. The van der Waals surface area contributed by atoms with E-state index in [-0.39, 0.29) is 11.2 Å². The predicted molar refractivity (Wildman–Crippen MR) is 55.6 cm³/mol. The molecule has 0 spiro atoms.